The van der Waals surface area contributed by atoms with Crippen LogP contribution in [-0.4, -0.2) is 20.5 Å². The molecule has 0 radical (unpaired) electrons. The van der Waals surface area contributed by atoms with Crippen LogP contribution in [0.5, 0.6) is 5.75 Å². The fourth-order valence-electron chi connectivity index (χ4n) is 2.17. The highest BCUT2D eigenvalue weighted by molar-refractivity contribution is 7.89. The summed E-state index contributed by atoms with van der Waals surface area (Å²) >= 11 is 1.59. The predicted molar refractivity (Wildman–Crippen MR) is 94.6 cm³/mol. The van der Waals surface area contributed by atoms with Gasteiger partial charge in [-0.3, -0.25) is 4.98 Å². The van der Waals surface area contributed by atoms with Crippen LogP contribution in [0.3, 0.4) is 0 Å². The second-order valence-corrected chi connectivity index (χ2v) is 7.74. The van der Waals surface area contributed by atoms with Gasteiger partial charge in [0.05, 0.1) is 22.6 Å². The molecule has 0 unspecified atom stereocenters. The van der Waals surface area contributed by atoms with E-state index in [9.17, 15) is 8.42 Å². The summed E-state index contributed by atoms with van der Waals surface area (Å²) in [5, 5.41) is 1.98. The van der Waals surface area contributed by atoms with Crippen LogP contribution in [-0.2, 0) is 16.6 Å². The van der Waals surface area contributed by atoms with Gasteiger partial charge in [-0.1, -0.05) is 12.1 Å². The zero-order chi connectivity index (χ0) is 17.0. The molecule has 0 bridgehead atoms. The number of nitrogens with one attached hydrogen (secondary N) is 1. The van der Waals surface area contributed by atoms with Crippen LogP contribution in [0.15, 0.2) is 65.0 Å². The summed E-state index contributed by atoms with van der Waals surface area (Å²) in [6.07, 6.45) is 1.68. The van der Waals surface area contributed by atoms with Crippen molar-refractivity contribution < 1.29 is 13.2 Å². The molecule has 0 aliphatic carbocycles. The fraction of sp³-hybridized carbons (Fsp3) is 0.118. The van der Waals surface area contributed by atoms with E-state index in [0.29, 0.717) is 5.75 Å². The molecule has 124 valence electrons. The van der Waals surface area contributed by atoms with E-state index in [1.54, 1.807) is 35.7 Å². The fourth-order valence-corrected chi connectivity index (χ4v) is 3.92. The highest BCUT2D eigenvalue weighted by atomic mass is 32.2. The molecule has 0 saturated carbocycles. The summed E-state index contributed by atoms with van der Waals surface area (Å²) in [5.74, 6) is 0.502. The van der Waals surface area contributed by atoms with Crippen molar-refractivity contribution >= 4 is 21.4 Å². The average molecular weight is 360 g/mol. The van der Waals surface area contributed by atoms with E-state index in [2.05, 4.69) is 9.71 Å². The van der Waals surface area contributed by atoms with Crippen molar-refractivity contribution in [2.45, 2.75) is 11.4 Å². The molecule has 3 rings (SSSR count). The Morgan fingerprint density at radius 1 is 1.17 bits per heavy atom. The quantitative estimate of drug-likeness (QED) is 0.732. The third-order valence-corrected chi connectivity index (χ3v) is 5.71. The smallest absolute Gasteiger partial charge is 0.241 e. The minimum Gasteiger partial charge on any atom is -0.497 e. The molecule has 1 aromatic carbocycles. The van der Waals surface area contributed by atoms with Crippen molar-refractivity contribution in [1.29, 1.82) is 0 Å². The van der Waals surface area contributed by atoms with E-state index in [0.717, 1.165) is 16.1 Å². The van der Waals surface area contributed by atoms with Crippen molar-refractivity contribution in [2.24, 2.45) is 0 Å². The largest absolute Gasteiger partial charge is 0.497 e. The van der Waals surface area contributed by atoms with Gasteiger partial charge in [0.25, 0.3) is 0 Å². The highest BCUT2D eigenvalue weighted by Gasteiger charge is 2.14. The third kappa shape index (κ3) is 3.81. The van der Waals surface area contributed by atoms with E-state index >= 15 is 0 Å². The molecule has 0 aliphatic rings. The number of rotatable bonds is 6. The van der Waals surface area contributed by atoms with Crippen LogP contribution in [0.25, 0.3) is 10.6 Å². The van der Waals surface area contributed by atoms with Crippen molar-refractivity contribution in [3.8, 4) is 16.3 Å². The van der Waals surface area contributed by atoms with Crippen LogP contribution in [0.1, 0.15) is 5.56 Å². The zero-order valence-corrected chi connectivity index (χ0v) is 14.6. The Hall–Kier alpha value is -2.22. The summed E-state index contributed by atoms with van der Waals surface area (Å²) < 4.78 is 32.5. The number of pyridine rings is 1. The van der Waals surface area contributed by atoms with Crippen molar-refractivity contribution in [3.05, 3.63) is 65.7 Å². The molecule has 2 aromatic heterocycles. The Balaban J connectivity index is 1.76. The normalized spacial score (nSPS) is 11.4. The molecule has 24 heavy (non-hydrogen) atoms. The lowest BCUT2D eigenvalue weighted by atomic mass is 10.2. The first-order chi connectivity index (χ1) is 11.6. The summed E-state index contributed by atoms with van der Waals surface area (Å²) in [6, 6.07) is 14.0. The number of aromatic nitrogens is 1. The van der Waals surface area contributed by atoms with Gasteiger partial charge >= 0.3 is 0 Å². The molecule has 3 aromatic rings. The first-order valence-electron chi connectivity index (χ1n) is 7.21. The standard InChI is InChI=1S/C17H16N2O3S2/c1-22-14-4-2-5-15(11-14)24(20,21)19-12-13-7-8-18-16(10-13)17-6-3-9-23-17/h2-11,19H,12H2,1H3. The van der Waals surface area contributed by atoms with Gasteiger partial charge in [0.1, 0.15) is 5.75 Å². The number of hydrogen-bond donors (Lipinski definition) is 1. The first-order valence-corrected chi connectivity index (χ1v) is 9.57. The Bertz CT molecular complexity index is 923. The molecule has 1 N–H and O–H groups in total. The topological polar surface area (TPSA) is 68.3 Å². The average Bonchev–Trinajstić information content (AvgIpc) is 3.15. The number of hydrogen-bond acceptors (Lipinski definition) is 5. The SMILES string of the molecule is COc1cccc(S(=O)(=O)NCc2ccnc(-c3cccs3)c2)c1. The first kappa shape index (κ1) is 16.6. The van der Waals surface area contributed by atoms with Crippen molar-refractivity contribution in [3.63, 3.8) is 0 Å². The highest BCUT2D eigenvalue weighted by Crippen LogP contribution is 2.23. The van der Waals surface area contributed by atoms with Gasteiger partial charge < -0.3 is 4.74 Å². The van der Waals surface area contributed by atoms with E-state index in [1.807, 2.05) is 23.6 Å². The minimum absolute atomic E-state index is 0.175. The molecule has 5 nitrogen and oxygen atoms in total. The Morgan fingerprint density at radius 2 is 2.04 bits per heavy atom. The molecule has 0 aliphatic heterocycles. The lowest BCUT2D eigenvalue weighted by Crippen LogP contribution is -2.23. The van der Waals surface area contributed by atoms with Crippen LogP contribution in [0.4, 0.5) is 0 Å². The van der Waals surface area contributed by atoms with Gasteiger partial charge in [-0.15, -0.1) is 11.3 Å². The molecule has 0 atom stereocenters. The Labute approximate surface area is 145 Å². The summed E-state index contributed by atoms with van der Waals surface area (Å²) in [4.78, 5) is 5.55. The summed E-state index contributed by atoms with van der Waals surface area (Å²) in [6.45, 7) is 0.195. The van der Waals surface area contributed by atoms with Crippen LogP contribution < -0.4 is 9.46 Å². The molecular formula is C17H16N2O3S2. The monoisotopic (exact) mass is 360 g/mol. The molecule has 0 fully saturated rings. The molecule has 0 amide bonds. The zero-order valence-electron chi connectivity index (χ0n) is 13.0. The van der Waals surface area contributed by atoms with Gasteiger partial charge in [-0.05, 0) is 41.3 Å². The number of ether oxygens (including phenoxy) is 1. The molecule has 7 heteroatoms. The number of thiophene rings is 1. The van der Waals surface area contributed by atoms with Gasteiger partial charge in [0, 0.05) is 18.8 Å². The van der Waals surface area contributed by atoms with E-state index in [-0.39, 0.29) is 11.4 Å². The minimum atomic E-state index is -3.61. The second-order valence-electron chi connectivity index (χ2n) is 5.03. The second kappa shape index (κ2) is 7.12. The maximum Gasteiger partial charge on any atom is 0.241 e. The molecule has 0 saturated heterocycles. The van der Waals surface area contributed by atoms with Crippen molar-refractivity contribution in [2.75, 3.05) is 7.11 Å². The van der Waals surface area contributed by atoms with Crippen LogP contribution in [0.2, 0.25) is 0 Å². The number of benzene rings is 1. The van der Waals surface area contributed by atoms with Gasteiger partial charge in [0.15, 0.2) is 0 Å². The van der Waals surface area contributed by atoms with Gasteiger partial charge in [-0.25, -0.2) is 13.1 Å². The predicted octanol–water partition coefficient (Wildman–Crippen LogP) is 3.30. The lowest BCUT2D eigenvalue weighted by molar-refractivity contribution is 0.413. The Kier molecular flexibility index (Phi) is 4.94. The maximum absolute atomic E-state index is 12.4. The Morgan fingerprint density at radius 3 is 2.79 bits per heavy atom. The maximum atomic E-state index is 12.4. The molecular weight excluding hydrogens is 344 g/mol. The summed E-state index contributed by atoms with van der Waals surface area (Å²) in [7, 11) is -2.10. The third-order valence-electron chi connectivity index (χ3n) is 3.42. The van der Waals surface area contributed by atoms with Crippen molar-refractivity contribution in [1.82, 2.24) is 9.71 Å². The number of sulfonamides is 1. The summed E-state index contributed by atoms with van der Waals surface area (Å²) in [5.41, 5.74) is 1.68. The number of nitrogens with zero attached hydrogens (tertiary/aromatic N) is 1. The van der Waals surface area contributed by atoms with Crippen LogP contribution >= 0.6 is 11.3 Å². The van der Waals surface area contributed by atoms with Gasteiger partial charge in [-0.2, -0.15) is 0 Å². The van der Waals surface area contributed by atoms with Gasteiger partial charge in [0.2, 0.25) is 10.0 Å². The van der Waals surface area contributed by atoms with E-state index in [4.69, 9.17) is 4.74 Å². The van der Waals surface area contributed by atoms with E-state index in [1.165, 1.54) is 19.2 Å². The van der Waals surface area contributed by atoms with E-state index < -0.39 is 10.0 Å². The molecule has 2 heterocycles. The molecule has 0 spiro atoms. The number of methoxy groups -OCH3 is 1. The van der Waals surface area contributed by atoms with Crippen LogP contribution in [0, 0.1) is 0 Å². The lowest BCUT2D eigenvalue weighted by Gasteiger charge is -2.09.